The van der Waals surface area contributed by atoms with Gasteiger partial charge in [-0.05, 0) is 101 Å². The summed E-state index contributed by atoms with van der Waals surface area (Å²) in [7, 11) is 0. The van der Waals surface area contributed by atoms with Crippen LogP contribution in [0.4, 0.5) is 9.59 Å². The number of aliphatic carboxylic acids is 1. The van der Waals surface area contributed by atoms with Gasteiger partial charge in [0.05, 0.1) is 6.42 Å². The second-order valence-corrected chi connectivity index (χ2v) is 17.9. The first-order valence-electron chi connectivity index (χ1n) is 21.2. The predicted molar refractivity (Wildman–Crippen MR) is 240 cm³/mol. The van der Waals surface area contributed by atoms with Crippen LogP contribution in [0.25, 0.3) is 0 Å². The minimum atomic E-state index is -1.70. The molecule has 1 heterocycles. The van der Waals surface area contributed by atoms with Crippen LogP contribution in [-0.2, 0) is 64.2 Å². The third-order valence-corrected chi connectivity index (χ3v) is 9.10. The number of ketones is 1. The minimum absolute atomic E-state index is 0.189. The van der Waals surface area contributed by atoms with E-state index in [1.807, 2.05) is 97.1 Å². The van der Waals surface area contributed by atoms with Crippen molar-refractivity contribution >= 4 is 35.9 Å². The van der Waals surface area contributed by atoms with E-state index >= 15 is 0 Å². The third-order valence-electron chi connectivity index (χ3n) is 9.10. The number of carbonyl (C=O) groups is 6. The summed E-state index contributed by atoms with van der Waals surface area (Å²) in [6.07, 6.45) is -1.21. The highest BCUT2D eigenvalue weighted by Gasteiger charge is 2.47. The first kappa shape index (κ1) is 50.7. The zero-order chi connectivity index (χ0) is 47.8. The first-order valence-corrected chi connectivity index (χ1v) is 21.2. The fourth-order valence-electron chi connectivity index (χ4n) is 6.35. The maximum Gasteiger partial charge on any atom is 0.407 e. The Morgan fingerprint density at radius 3 is 1.31 bits per heavy atom. The summed E-state index contributed by atoms with van der Waals surface area (Å²) in [5, 5.41) is 14.4. The molecule has 15 nitrogen and oxygen atoms in total. The topological polar surface area (TPSA) is 202 Å². The summed E-state index contributed by atoms with van der Waals surface area (Å²) in [5.74, 6) is -5.39. The Labute approximate surface area is 380 Å². The van der Waals surface area contributed by atoms with Gasteiger partial charge in [0.15, 0.2) is 5.78 Å². The molecule has 0 aromatic heterocycles. The molecule has 4 aromatic rings. The largest absolute Gasteiger partial charge is 0.489 e. The van der Waals surface area contributed by atoms with Crippen molar-refractivity contribution in [2.24, 2.45) is 5.92 Å². The number of carboxylic acid groups (broad SMARTS) is 1. The molecule has 65 heavy (non-hydrogen) atoms. The number of carboxylic acids is 1. The first-order chi connectivity index (χ1) is 30.5. The van der Waals surface area contributed by atoms with Gasteiger partial charge in [0.2, 0.25) is 5.92 Å². The molecule has 3 N–H and O–H groups in total. The van der Waals surface area contributed by atoms with Gasteiger partial charge in [-0.15, -0.1) is 0 Å². The van der Waals surface area contributed by atoms with Gasteiger partial charge in [0.1, 0.15) is 35.9 Å². The number of Topliss-reactive ketones (excluding diaryl/α,β-unsaturated/α-hetero) is 1. The highest BCUT2D eigenvalue weighted by molar-refractivity contribution is 6.16. The lowest BCUT2D eigenvalue weighted by Crippen LogP contribution is -2.50. The predicted octanol–water partition coefficient (Wildman–Crippen LogP) is 8.29. The zero-order valence-electron chi connectivity index (χ0n) is 38.2. The van der Waals surface area contributed by atoms with Gasteiger partial charge in [-0.1, -0.05) is 84.9 Å². The quantitative estimate of drug-likeness (QED) is 0.0520. The normalized spacial score (nSPS) is 14.5. The van der Waals surface area contributed by atoms with E-state index in [0.29, 0.717) is 25.4 Å². The van der Waals surface area contributed by atoms with E-state index < -0.39 is 70.9 Å². The van der Waals surface area contributed by atoms with Crippen LogP contribution < -0.4 is 20.1 Å². The van der Waals surface area contributed by atoms with Crippen molar-refractivity contribution in [3.63, 3.8) is 0 Å². The Hall–Kier alpha value is -6.90. The standard InChI is InChI=1S/C28H33NO8.C22H27NO5/c1-27(2,3)37-26(33)29-20(16-22(30)23-24(31)35-28(4,5)36-25(23)32)15-18-11-13-21(14-12-18)34-17-19-9-7-6-8-10-19;1-22(2,3)28-21(26)23-18(14-20(24)25)13-16-9-11-19(12-10-16)27-15-17-7-5-4-6-8-17/h6-14,20,23H,15-17H2,1-5H3,(H,29,33);4-12,18H,13-15H2,1-3H3,(H,23,26)(H,24,25)/t20-;18-/m00/s1. The molecule has 0 radical (unpaired) electrons. The van der Waals surface area contributed by atoms with Gasteiger partial charge in [0, 0.05) is 32.4 Å². The van der Waals surface area contributed by atoms with E-state index in [2.05, 4.69) is 10.6 Å². The lowest BCUT2D eigenvalue weighted by Gasteiger charge is -2.32. The Kier molecular flexibility index (Phi) is 18.1. The van der Waals surface area contributed by atoms with Gasteiger partial charge < -0.3 is 44.2 Å². The maximum absolute atomic E-state index is 13.0. The number of ether oxygens (including phenoxy) is 6. The number of hydrogen-bond donors (Lipinski definition) is 3. The molecule has 2 amide bonds. The molecule has 1 saturated heterocycles. The fraction of sp³-hybridized carbons (Fsp3) is 0.400. The van der Waals surface area contributed by atoms with E-state index in [0.717, 1.165) is 28.0 Å². The number of benzene rings is 4. The Morgan fingerprint density at radius 2 is 0.954 bits per heavy atom. The van der Waals surface area contributed by atoms with Crippen LogP contribution >= 0.6 is 0 Å². The number of carbonyl (C=O) groups excluding carboxylic acids is 5. The smallest absolute Gasteiger partial charge is 0.407 e. The van der Waals surface area contributed by atoms with Crippen LogP contribution in [0.15, 0.2) is 109 Å². The van der Waals surface area contributed by atoms with Gasteiger partial charge in [-0.2, -0.15) is 0 Å². The third kappa shape index (κ3) is 19.2. The van der Waals surface area contributed by atoms with Crippen LogP contribution in [0.5, 0.6) is 11.5 Å². The molecule has 348 valence electrons. The van der Waals surface area contributed by atoms with E-state index in [-0.39, 0.29) is 19.3 Å². The second kappa shape index (κ2) is 23.2. The van der Waals surface area contributed by atoms with E-state index in [1.54, 1.807) is 53.7 Å². The summed E-state index contributed by atoms with van der Waals surface area (Å²) in [6, 6.07) is 32.9. The summed E-state index contributed by atoms with van der Waals surface area (Å²) in [4.78, 5) is 73.2. The van der Waals surface area contributed by atoms with Gasteiger partial charge in [-0.3, -0.25) is 19.2 Å². The van der Waals surface area contributed by atoms with Crippen molar-refractivity contribution in [1.29, 1.82) is 0 Å². The zero-order valence-corrected chi connectivity index (χ0v) is 38.2. The summed E-state index contributed by atoms with van der Waals surface area (Å²) in [5.41, 5.74) is 2.42. The number of alkyl carbamates (subject to hydrolysis) is 2. The fourth-order valence-corrected chi connectivity index (χ4v) is 6.35. The molecule has 0 saturated carbocycles. The van der Waals surface area contributed by atoms with Crippen LogP contribution in [0.1, 0.15) is 90.5 Å². The van der Waals surface area contributed by atoms with E-state index in [4.69, 9.17) is 33.5 Å². The number of amides is 2. The van der Waals surface area contributed by atoms with Crippen LogP contribution in [0.3, 0.4) is 0 Å². The summed E-state index contributed by atoms with van der Waals surface area (Å²) in [6.45, 7) is 14.1. The highest BCUT2D eigenvalue weighted by Crippen LogP contribution is 2.26. The molecule has 15 heteroatoms. The van der Waals surface area contributed by atoms with Crippen molar-refractivity contribution in [3.8, 4) is 11.5 Å². The molecule has 0 spiro atoms. The minimum Gasteiger partial charge on any atom is -0.489 e. The summed E-state index contributed by atoms with van der Waals surface area (Å²) < 4.78 is 32.2. The molecule has 1 aliphatic rings. The van der Waals surface area contributed by atoms with Crippen LogP contribution in [0.2, 0.25) is 0 Å². The molecule has 2 atom stereocenters. The molecular weight excluding hydrogens is 837 g/mol. The molecular formula is C50H60N2O13. The summed E-state index contributed by atoms with van der Waals surface area (Å²) >= 11 is 0. The second-order valence-electron chi connectivity index (χ2n) is 17.9. The van der Waals surface area contributed by atoms with Crippen molar-refractivity contribution in [2.75, 3.05) is 0 Å². The van der Waals surface area contributed by atoms with Gasteiger partial charge in [0.25, 0.3) is 5.79 Å². The Morgan fingerprint density at radius 1 is 0.585 bits per heavy atom. The SMILES string of the molecule is CC(C)(C)OC(=O)N[C@H](CC(=O)C1C(=O)OC(C)(C)OC1=O)Cc1ccc(OCc2ccccc2)cc1.CC(C)(C)OC(=O)N[C@H](CC(=O)O)Cc1ccc(OCc2ccccc2)cc1. The molecule has 0 bridgehead atoms. The average molecular weight is 897 g/mol. The number of nitrogens with one attached hydrogen (secondary N) is 2. The number of esters is 2. The van der Waals surface area contributed by atoms with Crippen molar-refractivity contribution in [2.45, 2.75) is 123 Å². The van der Waals surface area contributed by atoms with Crippen LogP contribution in [0, 0.1) is 5.92 Å². The lowest BCUT2D eigenvalue weighted by molar-refractivity contribution is -0.238. The number of cyclic esters (lactones) is 2. The molecule has 1 fully saturated rings. The van der Waals surface area contributed by atoms with Crippen molar-refractivity contribution < 1.29 is 62.3 Å². The molecule has 0 aliphatic carbocycles. The monoisotopic (exact) mass is 896 g/mol. The van der Waals surface area contributed by atoms with Gasteiger partial charge in [-0.25, -0.2) is 9.59 Å². The highest BCUT2D eigenvalue weighted by atomic mass is 16.7. The number of hydrogen-bond acceptors (Lipinski definition) is 12. The average Bonchev–Trinajstić information content (AvgIpc) is 3.19. The lowest BCUT2D eigenvalue weighted by atomic mass is 9.94. The Bertz CT molecular complexity index is 2180. The molecule has 1 aliphatic heterocycles. The number of rotatable bonds is 17. The molecule has 0 unspecified atom stereocenters. The van der Waals surface area contributed by atoms with Gasteiger partial charge >= 0.3 is 30.1 Å². The molecule has 4 aromatic carbocycles. The van der Waals surface area contributed by atoms with Crippen LogP contribution in [-0.4, -0.2) is 70.1 Å². The Balaban J connectivity index is 0.000000296. The van der Waals surface area contributed by atoms with Crippen molar-refractivity contribution in [1.82, 2.24) is 10.6 Å². The van der Waals surface area contributed by atoms with Crippen molar-refractivity contribution in [3.05, 3.63) is 131 Å². The van der Waals surface area contributed by atoms with E-state index in [1.165, 1.54) is 13.8 Å². The van der Waals surface area contributed by atoms with E-state index in [9.17, 15) is 28.8 Å². The molecule has 5 rings (SSSR count). The maximum atomic E-state index is 13.0.